The Morgan fingerprint density at radius 3 is 2.52 bits per heavy atom. The number of rotatable bonds is 7. The van der Waals surface area contributed by atoms with Crippen LogP contribution >= 0.6 is 0 Å². The van der Waals surface area contributed by atoms with E-state index in [2.05, 4.69) is 10.2 Å². The number of amides is 1. The third kappa shape index (κ3) is 6.49. The van der Waals surface area contributed by atoms with Gasteiger partial charge in [0.1, 0.15) is 5.75 Å². The van der Waals surface area contributed by atoms with E-state index >= 15 is 0 Å². The number of alkyl halides is 3. The average Bonchev–Trinajstić information content (AvgIpc) is 3.01. The van der Waals surface area contributed by atoms with Crippen LogP contribution in [-0.4, -0.2) is 63.0 Å². The Bertz CT molecular complexity index is 1630. The number of nitrogens with one attached hydrogen (secondary N) is 1. The van der Waals surface area contributed by atoms with Crippen molar-refractivity contribution in [3.05, 3.63) is 94.5 Å². The third-order valence-corrected chi connectivity index (χ3v) is 10.4. The minimum atomic E-state index is -4.69. The first-order chi connectivity index (χ1) is 21.1. The Morgan fingerprint density at radius 2 is 1.73 bits per heavy atom. The van der Waals surface area contributed by atoms with Crippen molar-refractivity contribution in [2.45, 2.75) is 49.0 Å². The van der Waals surface area contributed by atoms with Crippen molar-refractivity contribution in [2.24, 2.45) is 0 Å². The summed E-state index contributed by atoms with van der Waals surface area (Å²) < 4.78 is 80.4. The summed E-state index contributed by atoms with van der Waals surface area (Å²) in [6, 6.07) is 15.8. The van der Waals surface area contributed by atoms with Crippen LogP contribution in [0.4, 0.5) is 13.2 Å². The van der Waals surface area contributed by atoms with E-state index in [1.165, 1.54) is 4.31 Å². The van der Waals surface area contributed by atoms with E-state index in [1.54, 1.807) is 12.1 Å². The van der Waals surface area contributed by atoms with E-state index in [4.69, 9.17) is 9.47 Å². The molecule has 0 bridgehead atoms. The molecule has 3 aliphatic rings. The molecule has 3 aromatic rings. The number of morpholine rings is 1. The van der Waals surface area contributed by atoms with Crippen molar-refractivity contribution >= 4 is 15.9 Å². The van der Waals surface area contributed by atoms with Gasteiger partial charge in [-0.25, -0.2) is 8.42 Å². The average molecular weight is 630 g/mol. The number of nitrogens with zero attached hydrogens (tertiary/aromatic N) is 2. The molecule has 0 saturated carbocycles. The summed E-state index contributed by atoms with van der Waals surface area (Å²) in [5.74, 6) is 0.357. The highest BCUT2D eigenvalue weighted by Gasteiger charge is 2.39. The van der Waals surface area contributed by atoms with Crippen molar-refractivity contribution in [3.8, 4) is 5.75 Å². The van der Waals surface area contributed by atoms with Gasteiger partial charge in [0.25, 0.3) is 0 Å². The Hall–Kier alpha value is -3.45. The van der Waals surface area contributed by atoms with Crippen molar-refractivity contribution in [1.82, 2.24) is 14.5 Å². The van der Waals surface area contributed by atoms with Crippen LogP contribution in [0.25, 0.3) is 0 Å². The smallest absolute Gasteiger partial charge is 0.416 e. The number of sulfonamides is 1. The molecule has 0 aliphatic carbocycles. The maximum atomic E-state index is 13.8. The van der Waals surface area contributed by atoms with Crippen LogP contribution in [0.1, 0.15) is 52.7 Å². The molecule has 0 radical (unpaired) electrons. The van der Waals surface area contributed by atoms with Crippen molar-refractivity contribution < 1.29 is 35.9 Å². The Labute approximate surface area is 254 Å². The van der Waals surface area contributed by atoms with Crippen molar-refractivity contribution in [2.75, 3.05) is 39.5 Å². The molecular weight excluding hydrogens is 595 g/mol. The molecule has 3 aliphatic heterocycles. The highest BCUT2D eigenvalue weighted by atomic mass is 32.2. The van der Waals surface area contributed by atoms with Crippen LogP contribution in [0.3, 0.4) is 0 Å². The summed E-state index contributed by atoms with van der Waals surface area (Å²) in [4.78, 5) is 15.4. The topological polar surface area (TPSA) is 88.2 Å². The standard InChI is InChI=1S/C32H34F3N3O5S/c33-32(34,35)24-5-3-6-25(19-24)44(40,41)38-12-10-23-4-1-2-7-26(23)29(38)20-31(39)36-28-11-15-43-30-18-22(8-9-27(28)30)21-37-13-16-42-17-14-37/h1-9,18-19,28-29H,10-17,20-21H2,(H,36,39)/t28-,29+/m1/s1. The third-order valence-electron chi connectivity index (χ3n) is 8.47. The minimum absolute atomic E-state index is 0.0412. The summed E-state index contributed by atoms with van der Waals surface area (Å²) >= 11 is 0. The number of fused-ring (bicyclic) bond motifs is 2. The van der Waals surface area contributed by atoms with E-state index < -0.39 is 32.7 Å². The second-order valence-electron chi connectivity index (χ2n) is 11.3. The van der Waals surface area contributed by atoms with E-state index in [1.807, 2.05) is 30.3 Å². The van der Waals surface area contributed by atoms with Gasteiger partial charge in [-0.2, -0.15) is 17.5 Å². The Balaban J connectivity index is 1.22. The van der Waals surface area contributed by atoms with Gasteiger partial charge < -0.3 is 14.8 Å². The van der Waals surface area contributed by atoms with Crippen LogP contribution in [0.2, 0.25) is 0 Å². The predicted octanol–water partition coefficient (Wildman–Crippen LogP) is 4.86. The summed E-state index contributed by atoms with van der Waals surface area (Å²) in [6.45, 7) is 4.37. The molecule has 234 valence electrons. The molecule has 1 amide bonds. The summed E-state index contributed by atoms with van der Waals surface area (Å²) in [5, 5.41) is 3.08. The SMILES string of the molecule is O=C(C[C@H]1c2ccccc2CCN1S(=O)(=O)c1cccc(C(F)(F)F)c1)N[C@@H]1CCOc2cc(CN3CCOCC3)ccc21. The lowest BCUT2D eigenvalue weighted by Gasteiger charge is -2.36. The van der Waals surface area contributed by atoms with Crippen LogP contribution in [0, 0.1) is 0 Å². The van der Waals surface area contributed by atoms with Gasteiger partial charge in [0.15, 0.2) is 0 Å². The summed E-state index contributed by atoms with van der Waals surface area (Å²) in [6.07, 6.45) is -3.94. The highest BCUT2D eigenvalue weighted by molar-refractivity contribution is 7.89. The first kappa shape index (κ1) is 30.6. The zero-order valence-electron chi connectivity index (χ0n) is 24.1. The van der Waals surface area contributed by atoms with E-state index in [0.29, 0.717) is 50.0 Å². The van der Waals surface area contributed by atoms with Gasteiger partial charge in [-0.1, -0.05) is 42.5 Å². The lowest BCUT2D eigenvalue weighted by atomic mass is 9.92. The molecule has 0 spiro atoms. The van der Waals surface area contributed by atoms with Crippen LogP contribution < -0.4 is 10.1 Å². The van der Waals surface area contributed by atoms with Gasteiger partial charge in [0, 0.05) is 44.6 Å². The lowest BCUT2D eigenvalue weighted by Crippen LogP contribution is -2.43. The molecular formula is C32H34F3N3O5S. The zero-order chi connectivity index (χ0) is 30.9. The van der Waals surface area contributed by atoms with E-state index in [9.17, 15) is 26.4 Å². The largest absolute Gasteiger partial charge is 0.493 e. The molecule has 3 aromatic carbocycles. The molecule has 8 nitrogen and oxygen atoms in total. The van der Waals surface area contributed by atoms with Gasteiger partial charge in [0.05, 0.1) is 42.4 Å². The number of carbonyl (C=O) groups excluding carboxylic acids is 1. The maximum absolute atomic E-state index is 13.8. The van der Waals surface area contributed by atoms with Gasteiger partial charge in [-0.05, 0) is 47.4 Å². The monoisotopic (exact) mass is 629 g/mol. The minimum Gasteiger partial charge on any atom is -0.493 e. The molecule has 1 N–H and O–H groups in total. The summed E-state index contributed by atoms with van der Waals surface area (Å²) in [7, 11) is -4.36. The first-order valence-electron chi connectivity index (χ1n) is 14.7. The summed E-state index contributed by atoms with van der Waals surface area (Å²) in [5.41, 5.74) is 2.49. The Morgan fingerprint density at radius 1 is 0.932 bits per heavy atom. The van der Waals surface area contributed by atoms with Crippen LogP contribution in [0.15, 0.2) is 71.6 Å². The zero-order valence-corrected chi connectivity index (χ0v) is 24.9. The fraction of sp³-hybridized carbons (Fsp3) is 0.406. The van der Waals surface area contributed by atoms with Gasteiger partial charge in [-0.15, -0.1) is 0 Å². The normalized spacial score (nSPS) is 21.2. The maximum Gasteiger partial charge on any atom is 0.416 e. The van der Waals surface area contributed by atoms with Gasteiger partial charge in [0.2, 0.25) is 15.9 Å². The Kier molecular flexibility index (Phi) is 8.69. The molecule has 3 heterocycles. The number of hydrogen-bond acceptors (Lipinski definition) is 6. The number of carbonyl (C=O) groups is 1. The van der Waals surface area contributed by atoms with E-state index in [0.717, 1.165) is 54.5 Å². The number of halogens is 3. The van der Waals surface area contributed by atoms with Gasteiger partial charge >= 0.3 is 6.18 Å². The fourth-order valence-corrected chi connectivity index (χ4v) is 7.88. The molecule has 1 fully saturated rings. The molecule has 44 heavy (non-hydrogen) atoms. The fourth-order valence-electron chi connectivity index (χ4n) is 6.22. The number of benzene rings is 3. The molecule has 0 aromatic heterocycles. The molecule has 0 unspecified atom stereocenters. The van der Waals surface area contributed by atoms with E-state index in [-0.39, 0.29) is 24.9 Å². The first-order valence-corrected chi connectivity index (χ1v) is 16.2. The second-order valence-corrected chi connectivity index (χ2v) is 13.2. The molecule has 12 heteroatoms. The van der Waals surface area contributed by atoms with Crippen LogP contribution in [-0.2, 0) is 38.7 Å². The second kappa shape index (κ2) is 12.5. The molecule has 2 atom stereocenters. The van der Waals surface area contributed by atoms with Crippen molar-refractivity contribution in [3.63, 3.8) is 0 Å². The van der Waals surface area contributed by atoms with Crippen molar-refractivity contribution in [1.29, 1.82) is 0 Å². The predicted molar refractivity (Wildman–Crippen MR) is 156 cm³/mol. The number of ether oxygens (including phenoxy) is 2. The highest BCUT2D eigenvalue weighted by Crippen LogP contribution is 2.39. The quantitative estimate of drug-likeness (QED) is 0.402. The van der Waals surface area contributed by atoms with Crippen LogP contribution in [0.5, 0.6) is 5.75 Å². The van der Waals surface area contributed by atoms with Gasteiger partial charge in [-0.3, -0.25) is 9.69 Å². The number of hydrogen-bond donors (Lipinski definition) is 1. The molecule has 1 saturated heterocycles. The molecule has 6 rings (SSSR count). The lowest BCUT2D eigenvalue weighted by molar-refractivity contribution is -0.137.